The molecular formula is C18H29N3O3S. The van der Waals surface area contributed by atoms with Crippen molar-refractivity contribution in [2.45, 2.75) is 45.7 Å². The molecule has 25 heavy (non-hydrogen) atoms. The second-order valence-electron chi connectivity index (χ2n) is 6.54. The van der Waals surface area contributed by atoms with Gasteiger partial charge in [-0.05, 0) is 43.6 Å². The first-order valence-electron chi connectivity index (χ1n) is 8.94. The Labute approximate surface area is 151 Å². The van der Waals surface area contributed by atoms with Crippen LogP contribution in [-0.2, 0) is 21.4 Å². The lowest BCUT2D eigenvalue weighted by Crippen LogP contribution is -2.49. The van der Waals surface area contributed by atoms with Crippen LogP contribution in [0.1, 0.15) is 38.7 Å². The smallest absolute Gasteiger partial charge is 0.242 e. The van der Waals surface area contributed by atoms with Gasteiger partial charge in [-0.2, -0.15) is 4.31 Å². The van der Waals surface area contributed by atoms with Crippen molar-refractivity contribution in [1.82, 2.24) is 9.21 Å². The van der Waals surface area contributed by atoms with Crippen molar-refractivity contribution in [3.63, 3.8) is 0 Å². The normalized spacial score (nSPS) is 19.1. The summed E-state index contributed by atoms with van der Waals surface area (Å²) in [6, 6.07) is 7.15. The van der Waals surface area contributed by atoms with Crippen molar-refractivity contribution in [1.29, 1.82) is 0 Å². The van der Waals surface area contributed by atoms with Crippen LogP contribution in [0.3, 0.4) is 0 Å². The van der Waals surface area contributed by atoms with Crippen LogP contribution in [0, 0.1) is 0 Å². The molecule has 7 heteroatoms. The second-order valence-corrected chi connectivity index (χ2v) is 8.47. The number of hydrogen-bond acceptors (Lipinski definition) is 4. The average Bonchev–Trinajstić information content (AvgIpc) is 2.59. The van der Waals surface area contributed by atoms with E-state index in [4.69, 9.17) is 0 Å². The molecule has 1 saturated heterocycles. The number of sulfonamides is 1. The fourth-order valence-corrected chi connectivity index (χ4v) is 4.37. The highest BCUT2D eigenvalue weighted by molar-refractivity contribution is 7.88. The van der Waals surface area contributed by atoms with Crippen LogP contribution in [0.4, 0.5) is 5.69 Å². The fraction of sp³-hybridized carbons (Fsp3) is 0.611. The topological polar surface area (TPSA) is 69.7 Å². The summed E-state index contributed by atoms with van der Waals surface area (Å²) in [5.74, 6) is -0.245. The van der Waals surface area contributed by atoms with E-state index >= 15 is 0 Å². The lowest BCUT2D eigenvalue weighted by atomic mass is 10.0. The zero-order valence-corrected chi connectivity index (χ0v) is 16.2. The molecular weight excluding hydrogens is 338 g/mol. The largest absolute Gasteiger partial charge is 0.325 e. The summed E-state index contributed by atoms with van der Waals surface area (Å²) in [6.45, 7) is 7.43. The van der Waals surface area contributed by atoms with Gasteiger partial charge in [-0.3, -0.25) is 9.69 Å². The van der Waals surface area contributed by atoms with Gasteiger partial charge in [0.05, 0.1) is 6.26 Å². The lowest BCUT2D eigenvalue weighted by Gasteiger charge is -2.32. The molecule has 1 aromatic rings. The Bertz CT molecular complexity index is 687. The molecule has 1 fully saturated rings. The summed E-state index contributed by atoms with van der Waals surface area (Å²) in [4.78, 5) is 14.9. The number of carbonyl (C=O) groups excluding carboxylic acids is 1. The van der Waals surface area contributed by atoms with E-state index in [0.29, 0.717) is 18.7 Å². The first kappa shape index (κ1) is 19.9. The van der Waals surface area contributed by atoms with E-state index in [1.165, 1.54) is 10.6 Å². The maximum absolute atomic E-state index is 12.6. The lowest BCUT2D eigenvalue weighted by molar-refractivity contribution is -0.120. The Balaban J connectivity index is 2.09. The van der Waals surface area contributed by atoms with E-state index < -0.39 is 16.1 Å². The van der Waals surface area contributed by atoms with E-state index in [-0.39, 0.29) is 5.91 Å². The van der Waals surface area contributed by atoms with Crippen LogP contribution >= 0.6 is 0 Å². The molecule has 0 aromatic heterocycles. The summed E-state index contributed by atoms with van der Waals surface area (Å²) in [5, 5.41) is 2.90. The summed E-state index contributed by atoms with van der Waals surface area (Å²) in [6.07, 6.45) is 3.41. The molecule has 1 amide bonds. The summed E-state index contributed by atoms with van der Waals surface area (Å²) in [5.41, 5.74) is 1.85. The maximum atomic E-state index is 12.6. The van der Waals surface area contributed by atoms with E-state index in [9.17, 15) is 13.2 Å². The highest BCUT2D eigenvalue weighted by Gasteiger charge is 2.34. The molecule has 1 heterocycles. The predicted octanol–water partition coefficient (Wildman–Crippen LogP) is 2.28. The molecule has 0 saturated carbocycles. The van der Waals surface area contributed by atoms with Crippen molar-refractivity contribution in [2.75, 3.05) is 31.2 Å². The maximum Gasteiger partial charge on any atom is 0.242 e. The standard InChI is InChI=1S/C18H29N3O3S/c1-4-20(5-2)14-15-9-8-10-16(13-15)19-18(22)17-11-6-7-12-21(17)25(3,23)24/h8-10,13,17H,4-7,11-12,14H2,1-3H3,(H,19,22). The van der Waals surface area contributed by atoms with Gasteiger partial charge in [-0.25, -0.2) is 8.42 Å². The number of amides is 1. The van der Waals surface area contributed by atoms with E-state index in [2.05, 4.69) is 24.1 Å². The number of rotatable bonds is 7. The van der Waals surface area contributed by atoms with Crippen molar-refractivity contribution < 1.29 is 13.2 Å². The minimum atomic E-state index is -3.38. The van der Waals surface area contributed by atoms with Crippen molar-refractivity contribution in [2.24, 2.45) is 0 Å². The van der Waals surface area contributed by atoms with Gasteiger partial charge in [0.15, 0.2) is 0 Å². The van der Waals surface area contributed by atoms with Crippen LogP contribution in [0.2, 0.25) is 0 Å². The Kier molecular flexibility index (Phi) is 6.98. The summed E-state index contributed by atoms with van der Waals surface area (Å²) < 4.78 is 25.2. The van der Waals surface area contributed by atoms with E-state index in [0.717, 1.165) is 38.0 Å². The minimum absolute atomic E-state index is 0.245. The van der Waals surface area contributed by atoms with Gasteiger partial charge >= 0.3 is 0 Å². The van der Waals surface area contributed by atoms with E-state index in [1.54, 1.807) is 0 Å². The molecule has 140 valence electrons. The van der Waals surface area contributed by atoms with Crippen LogP contribution in [0.15, 0.2) is 24.3 Å². The van der Waals surface area contributed by atoms with Gasteiger partial charge in [0.25, 0.3) is 0 Å². The molecule has 0 bridgehead atoms. The Hall–Kier alpha value is -1.44. The quantitative estimate of drug-likeness (QED) is 0.803. The first-order chi connectivity index (χ1) is 11.8. The minimum Gasteiger partial charge on any atom is -0.325 e. The molecule has 2 rings (SSSR count). The number of benzene rings is 1. The molecule has 0 spiro atoms. The molecule has 1 unspecified atom stereocenters. The molecule has 1 aromatic carbocycles. The Morgan fingerprint density at radius 1 is 1.28 bits per heavy atom. The van der Waals surface area contributed by atoms with Crippen LogP contribution in [-0.4, -0.2) is 55.5 Å². The molecule has 0 aliphatic carbocycles. The van der Waals surface area contributed by atoms with Gasteiger partial charge in [0, 0.05) is 18.8 Å². The third kappa shape index (κ3) is 5.52. The van der Waals surface area contributed by atoms with Crippen LogP contribution < -0.4 is 5.32 Å². The molecule has 1 aliphatic rings. The molecule has 0 radical (unpaired) electrons. The SMILES string of the molecule is CCN(CC)Cc1cccc(NC(=O)C2CCCCN2S(C)(=O)=O)c1. The fourth-order valence-electron chi connectivity index (χ4n) is 3.24. The first-order valence-corrected chi connectivity index (χ1v) is 10.8. The number of nitrogens with one attached hydrogen (secondary N) is 1. The number of anilines is 1. The average molecular weight is 368 g/mol. The van der Waals surface area contributed by atoms with Crippen LogP contribution in [0.25, 0.3) is 0 Å². The second kappa shape index (κ2) is 8.78. The molecule has 6 nitrogen and oxygen atoms in total. The Morgan fingerprint density at radius 3 is 2.64 bits per heavy atom. The highest BCUT2D eigenvalue weighted by Crippen LogP contribution is 2.22. The number of piperidine rings is 1. The van der Waals surface area contributed by atoms with Crippen molar-refractivity contribution in [3.05, 3.63) is 29.8 Å². The molecule has 1 N–H and O–H groups in total. The summed E-state index contributed by atoms with van der Waals surface area (Å²) >= 11 is 0. The monoisotopic (exact) mass is 367 g/mol. The van der Waals surface area contributed by atoms with Gasteiger partial charge in [-0.1, -0.05) is 32.4 Å². The zero-order valence-electron chi connectivity index (χ0n) is 15.4. The van der Waals surface area contributed by atoms with Gasteiger partial charge in [-0.15, -0.1) is 0 Å². The Morgan fingerprint density at radius 2 is 2.00 bits per heavy atom. The summed E-state index contributed by atoms with van der Waals surface area (Å²) in [7, 11) is -3.38. The molecule has 1 aliphatic heterocycles. The van der Waals surface area contributed by atoms with Gasteiger partial charge in [0.1, 0.15) is 6.04 Å². The third-order valence-electron chi connectivity index (χ3n) is 4.68. The van der Waals surface area contributed by atoms with Gasteiger partial charge in [0.2, 0.25) is 15.9 Å². The van der Waals surface area contributed by atoms with Gasteiger partial charge < -0.3 is 5.32 Å². The van der Waals surface area contributed by atoms with Crippen LogP contribution in [0.5, 0.6) is 0 Å². The molecule has 1 atom stereocenters. The predicted molar refractivity (Wildman–Crippen MR) is 101 cm³/mol. The zero-order chi connectivity index (χ0) is 18.4. The number of nitrogens with zero attached hydrogens (tertiary/aromatic N) is 2. The van der Waals surface area contributed by atoms with Crippen molar-refractivity contribution >= 4 is 21.6 Å². The third-order valence-corrected chi connectivity index (χ3v) is 5.97. The number of hydrogen-bond donors (Lipinski definition) is 1. The highest BCUT2D eigenvalue weighted by atomic mass is 32.2. The van der Waals surface area contributed by atoms with E-state index in [1.807, 2.05) is 24.3 Å². The van der Waals surface area contributed by atoms with Crippen molar-refractivity contribution in [3.8, 4) is 0 Å². The number of carbonyl (C=O) groups is 1.